The first kappa shape index (κ1) is 16.6. The molecule has 5 aromatic rings. The Balaban J connectivity index is 1.54. The molecule has 3 aromatic carbocycles. The zero-order valence-corrected chi connectivity index (χ0v) is 15.2. The smallest absolute Gasteiger partial charge is 0.291 e. The van der Waals surface area contributed by atoms with Gasteiger partial charge < -0.3 is 18.9 Å². The highest BCUT2D eigenvalue weighted by molar-refractivity contribution is 6.10. The lowest BCUT2D eigenvalue weighted by Crippen LogP contribution is -2.13. The molecule has 28 heavy (non-hydrogen) atoms. The van der Waals surface area contributed by atoms with Gasteiger partial charge in [0.2, 0.25) is 0 Å². The van der Waals surface area contributed by atoms with E-state index in [-0.39, 0.29) is 11.7 Å². The highest BCUT2D eigenvalue weighted by Crippen LogP contribution is 2.31. The van der Waals surface area contributed by atoms with Gasteiger partial charge in [-0.15, -0.1) is 0 Å². The van der Waals surface area contributed by atoms with Gasteiger partial charge in [0, 0.05) is 34.5 Å². The highest BCUT2D eigenvalue weighted by Gasteiger charge is 2.20. The minimum Gasteiger partial charge on any atom is -0.456 e. The van der Waals surface area contributed by atoms with E-state index in [2.05, 4.69) is 5.32 Å². The molecule has 0 atom stereocenters. The molecule has 0 aliphatic heterocycles. The standard InChI is InChI=1S/C23H17NO4/c1-26-13-18-16-7-3-5-9-20(16)28-22(18)23(25)24-14-10-11-21-17(12-14)15-6-2-4-8-19(15)27-21/h2-12H,13H2,1H3,(H,24,25). The molecule has 0 aliphatic rings. The Hall–Kier alpha value is -3.57. The van der Waals surface area contributed by atoms with Crippen LogP contribution in [0.15, 0.2) is 75.6 Å². The summed E-state index contributed by atoms with van der Waals surface area (Å²) >= 11 is 0. The maximum Gasteiger partial charge on any atom is 0.291 e. The largest absolute Gasteiger partial charge is 0.456 e. The molecule has 2 aromatic heterocycles. The molecular formula is C23H17NO4. The van der Waals surface area contributed by atoms with E-state index in [9.17, 15) is 4.79 Å². The summed E-state index contributed by atoms with van der Waals surface area (Å²) in [6.07, 6.45) is 0. The number of hydrogen-bond donors (Lipinski definition) is 1. The van der Waals surface area contributed by atoms with Crippen molar-refractivity contribution in [2.75, 3.05) is 12.4 Å². The first-order valence-corrected chi connectivity index (χ1v) is 8.96. The number of benzene rings is 3. The zero-order chi connectivity index (χ0) is 19.1. The minimum atomic E-state index is -0.310. The number of methoxy groups -OCH3 is 1. The number of para-hydroxylation sites is 2. The van der Waals surface area contributed by atoms with Gasteiger partial charge >= 0.3 is 0 Å². The Morgan fingerprint density at radius 2 is 1.54 bits per heavy atom. The number of furan rings is 2. The molecule has 5 nitrogen and oxygen atoms in total. The number of carbonyl (C=O) groups excluding carboxylic acids is 1. The minimum absolute atomic E-state index is 0.264. The second-order valence-corrected chi connectivity index (χ2v) is 6.60. The number of fused-ring (bicyclic) bond motifs is 4. The van der Waals surface area contributed by atoms with E-state index in [0.717, 1.165) is 32.9 Å². The number of hydrogen-bond acceptors (Lipinski definition) is 4. The van der Waals surface area contributed by atoms with Crippen molar-refractivity contribution in [2.45, 2.75) is 6.61 Å². The molecular weight excluding hydrogens is 354 g/mol. The van der Waals surface area contributed by atoms with Gasteiger partial charge in [-0.3, -0.25) is 4.79 Å². The van der Waals surface area contributed by atoms with Gasteiger partial charge in [-0.25, -0.2) is 0 Å². The van der Waals surface area contributed by atoms with Crippen LogP contribution >= 0.6 is 0 Å². The molecule has 0 fully saturated rings. The predicted octanol–water partition coefficient (Wildman–Crippen LogP) is 5.73. The summed E-state index contributed by atoms with van der Waals surface area (Å²) in [5, 5.41) is 5.78. The number of carbonyl (C=O) groups is 1. The van der Waals surface area contributed by atoms with Gasteiger partial charge in [-0.2, -0.15) is 0 Å². The highest BCUT2D eigenvalue weighted by atomic mass is 16.5. The van der Waals surface area contributed by atoms with E-state index in [1.807, 2.05) is 66.7 Å². The summed E-state index contributed by atoms with van der Waals surface area (Å²) in [5.41, 5.74) is 3.68. The monoisotopic (exact) mass is 371 g/mol. The molecule has 1 N–H and O–H groups in total. The molecule has 0 saturated heterocycles. The van der Waals surface area contributed by atoms with Crippen LogP contribution in [0.4, 0.5) is 5.69 Å². The normalized spacial score (nSPS) is 11.5. The Kier molecular flexibility index (Phi) is 3.88. The predicted molar refractivity (Wildman–Crippen MR) is 109 cm³/mol. The topological polar surface area (TPSA) is 64.6 Å². The van der Waals surface area contributed by atoms with Crippen LogP contribution in [0.3, 0.4) is 0 Å². The van der Waals surface area contributed by atoms with Crippen molar-refractivity contribution in [1.82, 2.24) is 0 Å². The van der Waals surface area contributed by atoms with E-state index in [4.69, 9.17) is 13.6 Å². The summed E-state index contributed by atoms with van der Waals surface area (Å²) in [5.74, 6) is -0.0457. The van der Waals surface area contributed by atoms with Crippen molar-refractivity contribution in [3.8, 4) is 0 Å². The fourth-order valence-electron chi connectivity index (χ4n) is 3.56. The molecule has 0 bridgehead atoms. The summed E-state index contributed by atoms with van der Waals surface area (Å²) in [4.78, 5) is 12.9. The van der Waals surface area contributed by atoms with E-state index in [0.29, 0.717) is 17.9 Å². The Bertz CT molecular complexity index is 1330. The molecule has 138 valence electrons. The van der Waals surface area contributed by atoms with Gasteiger partial charge in [0.1, 0.15) is 16.7 Å². The van der Waals surface area contributed by atoms with Crippen LogP contribution in [-0.2, 0) is 11.3 Å². The van der Waals surface area contributed by atoms with E-state index in [1.54, 1.807) is 7.11 Å². The van der Waals surface area contributed by atoms with E-state index >= 15 is 0 Å². The van der Waals surface area contributed by atoms with Crippen LogP contribution in [0.5, 0.6) is 0 Å². The van der Waals surface area contributed by atoms with Crippen molar-refractivity contribution in [3.63, 3.8) is 0 Å². The third-order valence-corrected chi connectivity index (χ3v) is 4.83. The number of anilines is 1. The first-order valence-electron chi connectivity index (χ1n) is 8.96. The summed E-state index contributed by atoms with van der Waals surface area (Å²) in [6.45, 7) is 0.297. The fraction of sp³-hybridized carbons (Fsp3) is 0.0870. The third-order valence-electron chi connectivity index (χ3n) is 4.83. The Morgan fingerprint density at radius 1 is 0.857 bits per heavy atom. The maximum atomic E-state index is 12.9. The van der Waals surface area contributed by atoms with Crippen LogP contribution in [-0.4, -0.2) is 13.0 Å². The van der Waals surface area contributed by atoms with Crippen LogP contribution in [0, 0.1) is 0 Å². The van der Waals surface area contributed by atoms with E-state index < -0.39 is 0 Å². The Morgan fingerprint density at radius 3 is 2.32 bits per heavy atom. The van der Waals surface area contributed by atoms with Crippen LogP contribution in [0.25, 0.3) is 32.9 Å². The molecule has 0 spiro atoms. The number of amides is 1. The fourth-order valence-corrected chi connectivity index (χ4v) is 3.56. The molecule has 5 heteroatoms. The quantitative estimate of drug-likeness (QED) is 0.438. The maximum absolute atomic E-state index is 12.9. The van der Waals surface area contributed by atoms with Crippen molar-refractivity contribution >= 4 is 44.5 Å². The van der Waals surface area contributed by atoms with E-state index in [1.165, 1.54) is 0 Å². The van der Waals surface area contributed by atoms with Crippen molar-refractivity contribution < 1.29 is 18.4 Å². The molecule has 1 amide bonds. The van der Waals surface area contributed by atoms with Crippen molar-refractivity contribution in [3.05, 3.63) is 78.1 Å². The zero-order valence-electron chi connectivity index (χ0n) is 15.2. The average molecular weight is 371 g/mol. The Labute approximate surface area is 160 Å². The third kappa shape index (κ3) is 2.64. The lowest BCUT2D eigenvalue weighted by molar-refractivity contribution is 0.0992. The molecule has 0 aliphatic carbocycles. The van der Waals surface area contributed by atoms with Gasteiger partial charge in [-0.05, 0) is 30.3 Å². The van der Waals surface area contributed by atoms with Gasteiger partial charge in [0.05, 0.1) is 6.61 Å². The second-order valence-electron chi connectivity index (χ2n) is 6.60. The molecule has 0 saturated carbocycles. The lowest BCUT2D eigenvalue weighted by Gasteiger charge is -2.05. The molecule has 2 heterocycles. The van der Waals surface area contributed by atoms with Gasteiger partial charge in [0.15, 0.2) is 5.76 Å². The number of rotatable bonds is 4. The van der Waals surface area contributed by atoms with Crippen LogP contribution in [0.2, 0.25) is 0 Å². The van der Waals surface area contributed by atoms with Crippen molar-refractivity contribution in [1.29, 1.82) is 0 Å². The van der Waals surface area contributed by atoms with Crippen LogP contribution < -0.4 is 5.32 Å². The SMILES string of the molecule is COCc1c(C(=O)Nc2ccc3oc4ccccc4c3c2)oc2ccccc12. The molecule has 0 unspecified atom stereocenters. The first-order chi connectivity index (χ1) is 13.7. The lowest BCUT2D eigenvalue weighted by atomic mass is 10.1. The average Bonchev–Trinajstić information content (AvgIpc) is 3.27. The summed E-state index contributed by atoms with van der Waals surface area (Å²) < 4.78 is 16.9. The van der Waals surface area contributed by atoms with Gasteiger partial charge in [0.25, 0.3) is 5.91 Å². The second kappa shape index (κ2) is 6.55. The number of nitrogens with one attached hydrogen (secondary N) is 1. The van der Waals surface area contributed by atoms with Gasteiger partial charge in [-0.1, -0.05) is 36.4 Å². The van der Waals surface area contributed by atoms with Crippen LogP contribution in [0.1, 0.15) is 16.1 Å². The molecule has 5 rings (SSSR count). The molecule has 0 radical (unpaired) electrons. The summed E-state index contributed by atoms with van der Waals surface area (Å²) in [6, 6.07) is 21.0. The van der Waals surface area contributed by atoms with Crippen molar-refractivity contribution in [2.24, 2.45) is 0 Å². The number of ether oxygens (including phenoxy) is 1. The summed E-state index contributed by atoms with van der Waals surface area (Å²) in [7, 11) is 1.60.